The summed E-state index contributed by atoms with van der Waals surface area (Å²) in [5.74, 6) is -2.19. The van der Waals surface area contributed by atoms with Gasteiger partial charge >= 0.3 is 0 Å². The van der Waals surface area contributed by atoms with E-state index in [0.29, 0.717) is 34.1 Å². The van der Waals surface area contributed by atoms with Gasteiger partial charge in [0, 0.05) is 53.8 Å². The number of aromatic nitrogens is 1. The number of piperazine rings is 1. The number of rotatable bonds is 4. The molecule has 0 radical (unpaired) electrons. The van der Waals surface area contributed by atoms with E-state index >= 15 is 0 Å². The molecule has 0 unspecified atom stereocenters. The van der Waals surface area contributed by atoms with Crippen molar-refractivity contribution in [2.75, 3.05) is 26.2 Å². The minimum absolute atomic E-state index is 0.00945. The van der Waals surface area contributed by atoms with Crippen molar-refractivity contribution in [3.05, 3.63) is 82.1 Å². The molecule has 5 rings (SSSR count). The first kappa shape index (κ1) is 22.3. The Labute approximate surface area is 203 Å². The molecule has 1 saturated heterocycles. The molecule has 1 fully saturated rings. The fourth-order valence-corrected chi connectivity index (χ4v) is 5.26. The van der Waals surface area contributed by atoms with Crippen LogP contribution in [-0.4, -0.2) is 58.6 Å². The summed E-state index contributed by atoms with van der Waals surface area (Å²) in [5.41, 5.74) is 1.71. The van der Waals surface area contributed by atoms with Gasteiger partial charge in [-0.2, -0.15) is 0 Å². The topological polar surface area (TPSA) is 73.5 Å². The number of carbonyl (C=O) groups is 3. The third-order valence-electron chi connectivity index (χ3n) is 5.94. The lowest BCUT2D eigenvalue weighted by Gasteiger charge is -2.34. The van der Waals surface area contributed by atoms with Crippen LogP contribution in [0, 0.1) is 5.82 Å². The number of halogens is 2. The highest BCUT2D eigenvalue weighted by Gasteiger charge is 2.31. The zero-order chi connectivity index (χ0) is 23.8. The highest BCUT2D eigenvalue weighted by molar-refractivity contribution is 7.19. The molecular weight excluding hydrogens is 477 g/mol. The second kappa shape index (κ2) is 9.04. The van der Waals surface area contributed by atoms with Gasteiger partial charge in [-0.1, -0.05) is 29.8 Å². The van der Waals surface area contributed by atoms with Gasteiger partial charge in [-0.05, 0) is 36.4 Å². The molecule has 34 heavy (non-hydrogen) atoms. The molecule has 2 aromatic carbocycles. The molecule has 0 atom stereocenters. The van der Waals surface area contributed by atoms with Gasteiger partial charge in [0.25, 0.3) is 17.6 Å². The monoisotopic (exact) mass is 495 g/mol. The first-order valence-corrected chi connectivity index (χ1v) is 11.9. The lowest BCUT2D eigenvalue weighted by molar-refractivity contribution is -0.127. The van der Waals surface area contributed by atoms with Crippen molar-refractivity contribution in [3.8, 4) is 10.4 Å². The molecule has 172 valence electrons. The van der Waals surface area contributed by atoms with Gasteiger partial charge in [-0.15, -0.1) is 11.3 Å². The molecular formula is C25H19ClFN3O3S. The van der Waals surface area contributed by atoms with Crippen LogP contribution in [0.3, 0.4) is 0 Å². The zero-order valence-corrected chi connectivity index (χ0v) is 19.5. The van der Waals surface area contributed by atoms with E-state index in [1.54, 1.807) is 41.3 Å². The number of benzene rings is 2. The number of fused-ring (bicyclic) bond motifs is 1. The first-order chi connectivity index (χ1) is 16.4. The van der Waals surface area contributed by atoms with Gasteiger partial charge in [0.05, 0.1) is 15.4 Å². The Kier molecular flexibility index (Phi) is 5.93. The van der Waals surface area contributed by atoms with E-state index in [2.05, 4.69) is 4.98 Å². The number of nitrogens with zero attached hydrogens (tertiary/aromatic N) is 2. The van der Waals surface area contributed by atoms with Gasteiger partial charge in [-0.25, -0.2) is 4.39 Å². The second-order valence-electron chi connectivity index (χ2n) is 7.93. The van der Waals surface area contributed by atoms with Crippen LogP contribution in [0.15, 0.2) is 60.8 Å². The maximum absolute atomic E-state index is 14.8. The number of nitrogens with one attached hydrogen (secondary N) is 1. The third-order valence-corrected chi connectivity index (χ3v) is 7.20. The fraction of sp³-hybridized carbons (Fsp3) is 0.160. The summed E-state index contributed by atoms with van der Waals surface area (Å²) in [5, 5.41) is 0.0817. The smallest absolute Gasteiger partial charge is 0.295 e. The summed E-state index contributed by atoms with van der Waals surface area (Å²) in [7, 11) is 0. The lowest BCUT2D eigenvalue weighted by Crippen LogP contribution is -2.52. The molecule has 0 aliphatic carbocycles. The van der Waals surface area contributed by atoms with E-state index in [1.807, 2.05) is 12.1 Å². The Morgan fingerprint density at radius 3 is 2.29 bits per heavy atom. The molecule has 0 bridgehead atoms. The van der Waals surface area contributed by atoms with Crippen molar-refractivity contribution in [3.63, 3.8) is 0 Å². The van der Waals surface area contributed by atoms with Crippen LogP contribution >= 0.6 is 22.9 Å². The number of amides is 2. The van der Waals surface area contributed by atoms with Gasteiger partial charge < -0.3 is 14.8 Å². The van der Waals surface area contributed by atoms with E-state index < -0.39 is 17.5 Å². The summed E-state index contributed by atoms with van der Waals surface area (Å²) < 4.78 is 15.4. The highest BCUT2D eigenvalue weighted by Crippen LogP contribution is 2.37. The minimum atomic E-state index is -0.783. The highest BCUT2D eigenvalue weighted by atomic mass is 35.5. The number of hydrogen-bond donors (Lipinski definition) is 1. The molecule has 0 saturated carbocycles. The van der Waals surface area contributed by atoms with Crippen molar-refractivity contribution in [2.24, 2.45) is 0 Å². The van der Waals surface area contributed by atoms with Crippen LogP contribution < -0.4 is 0 Å². The van der Waals surface area contributed by atoms with E-state index in [4.69, 9.17) is 11.6 Å². The number of aromatic amines is 1. The van der Waals surface area contributed by atoms with E-state index in [-0.39, 0.29) is 29.9 Å². The van der Waals surface area contributed by atoms with Crippen molar-refractivity contribution < 1.29 is 18.8 Å². The number of thiophene rings is 1. The van der Waals surface area contributed by atoms with Crippen LogP contribution in [0.25, 0.3) is 21.3 Å². The third kappa shape index (κ3) is 3.99. The molecule has 3 heterocycles. The average molecular weight is 496 g/mol. The van der Waals surface area contributed by atoms with Gasteiger partial charge in [0.1, 0.15) is 5.82 Å². The Morgan fingerprint density at radius 2 is 1.62 bits per heavy atom. The number of carbonyl (C=O) groups excluding carboxylic acids is 3. The number of hydrogen-bond acceptors (Lipinski definition) is 4. The normalized spacial score (nSPS) is 13.9. The van der Waals surface area contributed by atoms with Crippen molar-refractivity contribution in [1.82, 2.24) is 14.8 Å². The number of Topliss-reactive ketones (excluding diaryl/α,β-unsaturated/α-hetero) is 1. The summed E-state index contributed by atoms with van der Waals surface area (Å²) in [4.78, 5) is 45.6. The minimum Gasteiger partial charge on any atom is -0.360 e. The summed E-state index contributed by atoms with van der Waals surface area (Å²) in [6.45, 7) is 1.09. The Bertz CT molecular complexity index is 1410. The first-order valence-electron chi connectivity index (χ1n) is 10.7. The van der Waals surface area contributed by atoms with Gasteiger partial charge in [0.2, 0.25) is 0 Å². The zero-order valence-electron chi connectivity index (χ0n) is 17.9. The largest absolute Gasteiger partial charge is 0.360 e. The Balaban J connectivity index is 1.35. The molecule has 6 nitrogen and oxygen atoms in total. The summed E-state index contributed by atoms with van der Waals surface area (Å²) >= 11 is 7.39. The van der Waals surface area contributed by atoms with Crippen molar-refractivity contribution in [1.29, 1.82) is 0 Å². The standard InChI is InChI=1S/C25H19ClFN3O3S/c26-20-9-8-19(34-20)16-6-7-18(27)21-17(14-28-22(16)21)23(31)25(33)30-12-10-29(11-13-30)24(32)15-4-2-1-3-5-15/h1-9,14,28H,10-13H2. The van der Waals surface area contributed by atoms with E-state index in [9.17, 15) is 18.8 Å². The number of H-pyrrole nitrogens is 1. The van der Waals surface area contributed by atoms with Crippen LogP contribution in [0.4, 0.5) is 4.39 Å². The van der Waals surface area contributed by atoms with Crippen LogP contribution in [0.5, 0.6) is 0 Å². The Hall–Kier alpha value is -3.49. The number of ketones is 1. The quantitative estimate of drug-likeness (QED) is 0.325. The van der Waals surface area contributed by atoms with Crippen LogP contribution in [0.2, 0.25) is 4.34 Å². The molecule has 1 aliphatic heterocycles. The molecule has 1 N–H and O–H groups in total. The second-order valence-corrected chi connectivity index (χ2v) is 9.65. The molecule has 9 heteroatoms. The van der Waals surface area contributed by atoms with Gasteiger partial charge in [-0.3, -0.25) is 14.4 Å². The molecule has 2 aromatic heterocycles. The van der Waals surface area contributed by atoms with Gasteiger partial charge in [0.15, 0.2) is 0 Å². The predicted molar refractivity (Wildman–Crippen MR) is 130 cm³/mol. The van der Waals surface area contributed by atoms with Crippen molar-refractivity contribution >= 4 is 51.4 Å². The maximum Gasteiger partial charge on any atom is 0.295 e. The van der Waals surface area contributed by atoms with E-state index in [1.165, 1.54) is 28.5 Å². The predicted octanol–water partition coefficient (Wildman–Crippen LogP) is 4.86. The summed E-state index contributed by atoms with van der Waals surface area (Å²) in [6.07, 6.45) is 1.38. The lowest BCUT2D eigenvalue weighted by atomic mass is 10.0. The molecule has 4 aromatic rings. The summed E-state index contributed by atoms with van der Waals surface area (Å²) in [6, 6.07) is 15.4. The van der Waals surface area contributed by atoms with Crippen LogP contribution in [-0.2, 0) is 4.79 Å². The molecule has 2 amide bonds. The maximum atomic E-state index is 14.8. The van der Waals surface area contributed by atoms with Crippen molar-refractivity contribution in [2.45, 2.75) is 0 Å². The average Bonchev–Trinajstić information content (AvgIpc) is 3.51. The SMILES string of the molecule is O=C(C(=O)N1CCN(C(=O)c2ccccc2)CC1)c1c[nH]c2c(-c3ccc(Cl)s3)ccc(F)c12. The fourth-order valence-electron chi connectivity index (χ4n) is 4.19. The molecule has 1 aliphatic rings. The van der Waals surface area contributed by atoms with Crippen LogP contribution in [0.1, 0.15) is 20.7 Å². The molecule has 0 spiro atoms. The Morgan fingerprint density at radius 1 is 0.912 bits per heavy atom. The van der Waals surface area contributed by atoms with E-state index in [0.717, 1.165) is 4.88 Å².